The van der Waals surface area contributed by atoms with Crippen LogP contribution in [-0.2, 0) is 0 Å². The minimum atomic E-state index is 0. The van der Waals surface area contributed by atoms with Crippen molar-refractivity contribution in [2.45, 2.75) is 355 Å². The first-order chi connectivity index (χ1) is 29.7. The molecule has 370 valence electrons. The Bertz CT molecular complexity index is 704. The third kappa shape index (κ3) is 51.1. The molecule has 0 aromatic carbocycles. The van der Waals surface area contributed by atoms with Gasteiger partial charge in [-0.15, -0.1) is 0 Å². The fourth-order valence-electron chi connectivity index (χ4n) is 10.4. The van der Waals surface area contributed by atoms with Crippen LogP contribution in [-0.4, -0.2) is 30.7 Å². The molecule has 0 saturated heterocycles. The largest absolute Gasteiger partial charge is 1.00 e. The van der Waals surface area contributed by atoms with E-state index in [2.05, 4.69) is 27.7 Å². The molecule has 0 spiro atoms. The van der Waals surface area contributed by atoms with E-state index in [-0.39, 0.29) is 12.4 Å². The Kier molecular flexibility index (Phi) is 58.5. The lowest BCUT2D eigenvalue weighted by molar-refractivity contribution is -0.929. The van der Waals surface area contributed by atoms with Gasteiger partial charge in [0.25, 0.3) is 0 Å². The molecule has 0 rings (SSSR count). The Balaban J connectivity index is 0. The number of hydrogen-bond donors (Lipinski definition) is 0. The van der Waals surface area contributed by atoms with Crippen LogP contribution in [0.4, 0.5) is 0 Å². The zero-order chi connectivity index (χ0) is 43.4. The van der Waals surface area contributed by atoms with Crippen LogP contribution >= 0.6 is 0 Å². The molecule has 0 aliphatic carbocycles. The molecule has 2 heteroatoms. The topological polar surface area (TPSA) is 0 Å². The van der Waals surface area contributed by atoms with Crippen molar-refractivity contribution in [2.75, 3.05) is 26.2 Å². The first kappa shape index (κ1) is 63.3. The van der Waals surface area contributed by atoms with Crippen LogP contribution in [0.1, 0.15) is 355 Å². The number of unbranched alkanes of at least 4 members (excludes halogenated alkanes) is 47. The molecule has 0 heterocycles. The molecule has 0 unspecified atom stereocenters. The normalized spacial score (nSPS) is 11.8. The van der Waals surface area contributed by atoms with Crippen molar-refractivity contribution in [3.8, 4) is 0 Å². The molecule has 0 atom stereocenters. The molecular weight excluding hydrogens is 758 g/mol. The van der Waals surface area contributed by atoms with E-state index in [1.807, 2.05) is 0 Å². The van der Waals surface area contributed by atoms with E-state index in [1.54, 1.807) is 0 Å². The van der Waals surface area contributed by atoms with Crippen molar-refractivity contribution in [1.82, 2.24) is 0 Å². The molecule has 0 aromatic heterocycles. The fourth-order valence-corrected chi connectivity index (χ4v) is 10.4. The monoisotopic (exact) mass is 880 g/mol. The molecule has 0 aliphatic heterocycles. The second-order valence-corrected chi connectivity index (χ2v) is 20.9. The Labute approximate surface area is 396 Å². The molecule has 0 aliphatic rings. The molecule has 0 radical (unpaired) electrons. The van der Waals surface area contributed by atoms with Gasteiger partial charge in [0, 0.05) is 0 Å². The lowest BCUT2D eigenvalue weighted by Gasteiger charge is -2.40. The van der Waals surface area contributed by atoms with Crippen LogP contribution in [0.2, 0.25) is 0 Å². The van der Waals surface area contributed by atoms with Crippen LogP contribution in [0.5, 0.6) is 0 Å². The highest BCUT2D eigenvalue weighted by atomic mass is 35.5. The maximum absolute atomic E-state index is 2.36. The first-order valence-corrected chi connectivity index (χ1v) is 29.6. The Morgan fingerprint density at radius 2 is 0.246 bits per heavy atom. The van der Waals surface area contributed by atoms with Gasteiger partial charge in [0.15, 0.2) is 0 Å². The number of halogens is 1. The van der Waals surface area contributed by atoms with Gasteiger partial charge in [-0.1, -0.05) is 304 Å². The maximum atomic E-state index is 2.36. The summed E-state index contributed by atoms with van der Waals surface area (Å²) in [6, 6.07) is 0. The highest BCUT2D eigenvalue weighted by Gasteiger charge is 2.25. The summed E-state index contributed by atoms with van der Waals surface area (Å²) in [6.07, 6.45) is 75.2. The summed E-state index contributed by atoms with van der Waals surface area (Å²) in [5.41, 5.74) is 0. The number of rotatable bonds is 55. The third-order valence-corrected chi connectivity index (χ3v) is 14.7. The van der Waals surface area contributed by atoms with E-state index in [0.717, 1.165) is 0 Å². The summed E-state index contributed by atoms with van der Waals surface area (Å²) in [6.45, 7) is 15.3. The van der Waals surface area contributed by atoms with Gasteiger partial charge >= 0.3 is 0 Å². The molecule has 0 saturated carbocycles. The van der Waals surface area contributed by atoms with Gasteiger partial charge in [-0.25, -0.2) is 0 Å². The average Bonchev–Trinajstić information content (AvgIpc) is 3.26. The SMILES string of the molecule is CCCCCCCCCCCCCCCCCC[N+](CCCCCCCCC)(CCCCCCCCCCCCCCCC)CCCCCCCCCCCCCCCC.[Cl-]. The lowest BCUT2D eigenvalue weighted by Crippen LogP contribution is -3.00. The predicted molar refractivity (Wildman–Crippen MR) is 278 cm³/mol. The quantitative estimate of drug-likeness (QED) is 0.0422. The Morgan fingerprint density at radius 1 is 0.148 bits per heavy atom. The Hall–Kier alpha value is 0.250. The summed E-state index contributed by atoms with van der Waals surface area (Å²) in [7, 11) is 0. The van der Waals surface area contributed by atoms with Gasteiger partial charge in [-0.3, -0.25) is 0 Å². The summed E-state index contributed by atoms with van der Waals surface area (Å²) < 4.78 is 1.49. The van der Waals surface area contributed by atoms with E-state index >= 15 is 0 Å². The highest BCUT2D eigenvalue weighted by molar-refractivity contribution is 4.57. The van der Waals surface area contributed by atoms with Crippen molar-refractivity contribution < 1.29 is 16.9 Å². The van der Waals surface area contributed by atoms with Gasteiger partial charge in [0.05, 0.1) is 26.2 Å². The van der Waals surface area contributed by atoms with Crippen molar-refractivity contribution in [3.63, 3.8) is 0 Å². The van der Waals surface area contributed by atoms with Gasteiger partial charge < -0.3 is 16.9 Å². The van der Waals surface area contributed by atoms with E-state index in [0.29, 0.717) is 0 Å². The van der Waals surface area contributed by atoms with Crippen molar-refractivity contribution in [2.24, 2.45) is 0 Å². The van der Waals surface area contributed by atoms with Crippen LogP contribution < -0.4 is 12.4 Å². The molecule has 0 amide bonds. The number of hydrogen-bond acceptors (Lipinski definition) is 0. The third-order valence-electron chi connectivity index (χ3n) is 14.7. The second-order valence-electron chi connectivity index (χ2n) is 20.9. The second kappa shape index (κ2) is 56.4. The van der Waals surface area contributed by atoms with E-state index in [1.165, 1.54) is 358 Å². The zero-order valence-electron chi connectivity index (χ0n) is 43.7. The van der Waals surface area contributed by atoms with Gasteiger partial charge in [0.2, 0.25) is 0 Å². The lowest BCUT2D eigenvalue weighted by atomic mass is 10.0. The molecule has 1 nitrogen and oxygen atoms in total. The standard InChI is InChI=1S/C59H122N.ClH/c1-5-9-13-17-21-24-27-30-33-34-37-40-43-47-51-55-59-60(56-52-48-44-20-16-12-8-4,57-53-49-45-41-38-35-31-28-25-22-18-14-10-6-2)58-54-50-46-42-39-36-32-29-26-23-19-15-11-7-3;/h5-59H2,1-4H3;1H/q+1;/p-1. The van der Waals surface area contributed by atoms with Crippen LogP contribution in [0.25, 0.3) is 0 Å². The van der Waals surface area contributed by atoms with Gasteiger partial charge in [0.1, 0.15) is 0 Å². The minimum Gasteiger partial charge on any atom is -1.00 e. The summed E-state index contributed by atoms with van der Waals surface area (Å²) in [5, 5.41) is 0. The van der Waals surface area contributed by atoms with Crippen molar-refractivity contribution in [3.05, 3.63) is 0 Å². The molecular formula is C59H122ClN. The Morgan fingerprint density at radius 3 is 0.361 bits per heavy atom. The summed E-state index contributed by atoms with van der Waals surface area (Å²) >= 11 is 0. The smallest absolute Gasteiger partial charge is 0.0786 e. The summed E-state index contributed by atoms with van der Waals surface area (Å²) in [5.74, 6) is 0. The first-order valence-electron chi connectivity index (χ1n) is 29.6. The fraction of sp³-hybridized carbons (Fsp3) is 1.00. The number of quaternary nitrogens is 1. The predicted octanol–water partition coefficient (Wildman–Crippen LogP) is 18.8. The van der Waals surface area contributed by atoms with Crippen molar-refractivity contribution in [1.29, 1.82) is 0 Å². The molecule has 61 heavy (non-hydrogen) atoms. The van der Waals surface area contributed by atoms with E-state index < -0.39 is 0 Å². The molecule has 0 aromatic rings. The number of nitrogens with zero attached hydrogens (tertiary/aromatic N) is 1. The van der Waals surface area contributed by atoms with Crippen LogP contribution in [0.3, 0.4) is 0 Å². The zero-order valence-corrected chi connectivity index (χ0v) is 44.5. The maximum Gasteiger partial charge on any atom is 0.0786 e. The minimum absolute atomic E-state index is 0. The molecule has 0 fully saturated rings. The average molecular weight is 881 g/mol. The van der Waals surface area contributed by atoms with Crippen LogP contribution in [0, 0.1) is 0 Å². The highest BCUT2D eigenvalue weighted by Crippen LogP contribution is 2.22. The van der Waals surface area contributed by atoms with Crippen molar-refractivity contribution >= 4 is 0 Å². The van der Waals surface area contributed by atoms with Gasteiger partial charge in [-0.2, -0.15) is 0 Å². The summed E-state index contributed by atoms with van der Waals surface area (Å²) in [4.78, 5) is 0. The van der Waals surface area contributed by atoms with Crippen LogP contribution in [0.15, 0.2) is 0 Å². The van der Waals surface area contributed by atoms with E-state index in [9.17, 15) is 0 Å². The van der Waals surface area contributed by atoms with E-state index in [4.69, 9.17) is 0 Å². The molecule has 0 bridgehead atoms. The van der Waals surface area contributed by atoms with Gasteiger partial charge in [-0.05, 0) is 51.4 Å². The molecule has 0 N–H and O–H groups in total.